The van der Waals surface area contributed by atoms with E-state index in [1.165, 1.54) is 12.1 Å². The Hall–Kier alpha value is -4.33. The lowest BCUT2D eigenvalue weighted by Crippen LogP contribution is -2.14. The molecule has 33 heavy (non-hydrogen) atoms. The predicted octanol–water partition coefficient (Wildman–Crippen LogP) is 5.07. The number of nitrogens with zero attached hydrogens (tertiary/aromatic N) is 4. The first kappa shape index (κ1) is 20.6. The maximum Gasteiger partial charge on any atom is 0.227 e. The molecule has 0 aliphatic rings. The molecule has 0 saturated heterocycles. The zero-order chi connectivity index (χ0) is 22.8. The van der Waals surface area contributed by atoms with Crippen molar-refractivity contribution in [3.8, 4) is 22.6 Å². The number of fused-ring (bicyclic) bond motifs is 1. The van der Waals surface area contributed by atoms with Gasteiger partial charge >= 0.3 is 0 Å². The fourth-order valence-corrected chi connectivity index (χ4v) is 3.55. The lowest BCUT2D eigenvalue weighted by Gasteiger charge is -2.07. The van der Waals surface area contributed by atoms with E-state index in [0.29, 0.717) is 28.8 Å². The van der Waals surface area contributed by atoms with Crippen LogP contribution in [0.25, 0.3) is 28.3 Å². The average molecular weight is 441 g/mol. The SMILES string of the molecule is Cc1ccn2c(NC(=O)CCc3nc(-c4ccc(F)cc4)no3)c(-c3ccccc3)nc2c1. The number of anilines is 1. The number of halogens is 1. The molecule has 164 valence electrons. The van der Waals surface area contributed by atoms with Crippen molar-refractivity contribution in [1.29, 1.82) is 0 Å². The summed E-state index contributed by atoms with van der Waals surface area (Å²) >= 11 is 0. The summed E-state index contributed by atoms with van der Waals surface area (Å²) in [5.74, 6) is 0.766. The van der Waals surface area contributed by atoms with Gasteiger partial charge in [0.2, 0.25) is 17.6 Å². The molecule has 0 aliphatic carbocycles. The molecular weight excluding hydrogens is 421 g/mol. The van der Waals surface area contributed by atoms with Gasteiger partial charge in [0, 0.05) is 30.2 Å². The van der Waals surface area contributed by atoms with E-state index in [1.54, 1.807) is 12.1 Å². The van der Waals surface area contributed by atoms with Gasteiger partial charge in [-0.05, 0) is 48.9 Å². The molecular formula is C25H20FN5O2. The van der Waals surface area contributed by atoms with Gasteiger partial charge < -0.3 is 9.84 Å². The maximum atomic E-state index is 13.1. The summed E-state index contributed by atoms with van der Waals surface area (Å²) in [5, 5.41) is 6.91. The summed E-state index contributed by atoms with van der Waals surface area (Å²) in [4.78, 5) is 21.9. The molecule has 0 radical (unpaired) electrons. The van der Waals surface area contributed by atoms with Gasteiger partial charge in [0.05, 0.1) is 0 Å². The van der Waals surface area contributed by atoms with E-state index in [4.69, 9.17) is 9.51 Å². The Morgan fingerprint density at radius 1 is 1.03 bits per heavy atom. The Bertz CT molecular complexity index is 1420. The highest BCUT2D eigenvalue weighted by Gasteiger charge is 2.17. The number of amides is 1. The maximum absolute atomic E-state index is 13.1. The second-order valence-electron chi connectivity index (χ2n) is 7.67. The first-order valence-electron chi connectivity index (χ1n) is 10.5. The standard InChI is InChI=1S/C25H20FN5O2/c1-16-13-14-31-20(15-16)27-23(17-5-3-2-4-6-17)25(31)28-21(32)11-12-22-29-24(30-33-22)18-7-9-19(26)10-8-18/h2-10,13-15H,11-12H2,1H3,(H,28,32). The molecule has 0 spiro atoms. The van der Waals surface area contributed by atoms with Crippen LogP contribution in [0.2, 0.25) is 0 Å². The number of nitrogens with one attached hydrogen (secondary N) is 1. The lowest BCUT2D eigenvalue weighted by atomic mass is 10.1. The van der Waals surface area contributed by atoms with E-state index >= 15 is 0 Å². The summed E-state index contributed by atoms with van der Waals surface area (Å²) in [6.07, 6.45) is 2.32. The van der Waals surface area contributed by atoms with Crippen molar-refractivity contribution in [3.05, 3.63) is 90.2 Å². The van der Waals surface area contributed by atoms with Crippen LogP contribution in [0.4, 0.5) is 10.2 Å². The van der Waals surface area contributed by atoms with Crippen LogP contribution >= 0.6 is 0 Å². The number of carbonyl (C=O) groups is 1. The Morgan fingerprint density at radius 2 is 1.82 bits per heavy atom. The highest BCUT2D eigenvalue weighted by atomic mass is 19.1. The van der Waals surface area contributed by atoms with Crippen LogP contribution in [-0.2, 0) is 11.2 Å². The molecule has 1 amide bonds. The average Bonchev–Trinajstić information content (AvgIpc) is 3.44. The predicted molar refractivity (Wildman–Crippen MR) is 122 cm³/mol. The molecule has 0 atom stereocenters. The molecule has 5 aromatic rings. The fourth-order valence-electron chi connectivity index (χ4n) is 3.55. The first-order chi connectivity index (χ1) is 16.1. The largest absolute Gasteiger partial charge is 0.339 e. The van der Waals surface area contributed by atoms with E-state index in [9.17, 15) is 9.18 Å². The fraction of sp³-hybridized carbons (Fsp3) is 0.120. The zero-order valence-electron chi connectivity index (χ0n) is 17.8. The minimum absolute atomic E-state index is 0.151. The number of aromatic nitrogens is 4. The van der Waals surface area contributed by atoms with E-state index in [0.717, 1.165) is 16.8 Å². The molecule has 3 heterocycles. The van der Waals surface area contributed by atoms with Crippen molar-refractivity contribution in [2.24, 2.45) is 0 Å². The van der Waals surface area contributed by atoms with Crippen molar-refractivity contribution in [2.75, 3.05) is 5.32 Å². The van der Waals surface area contributed by atoms with E-state index < -0.39 is 0 Å². The van der Waals surface area contributed by atoms with Crippen LogP contribution in [0, 0.1) is 12.7 Å². The van der Waals surface area contributed by atoms with Crippen molar-refractivity contribution in [3.63, 3.8) is 0 Å². The van der Waals surface area contributed by atoms with E-state index in [1.807, 2.05) is 60.0 Å². The minimum Gasteiger partial charge on any atom is -0.339 e. The second-order valence-corrected chi connectivity index (χ2v) is 7.67. The summed E-state index contributed by atoms with van der Waals surface area (Å²) in [7, 11) is 0. The summed E-state index contributed by atoms with van der Waals surface area (Å²) in [5.41, 5.74) is 4.09. The number of hydrogen-bond donors (Lipinski definition) is 1. The van der Waals surface area contributed by atoms with E-state index in [-0.39, 0.29) is 24.6 Å². The van der Waals surface area contributed by atoms with Crippen LogP contribution in [-0.4, -0.2) is 25.4 Å². The van der Waals surface area contributed by atoms with Gasteiger partial charge in [-0.25, -0.2) is 9.37 Å². The third kappa shape index (κ3) is 4.36. The molecule has 5 rings (SSSR count). The number of benzene rings is 2. The minimum atomic E-state index is -0.337. The van der Waals surface area contributed by atoms with Gasteiger partial charge in [0.1, 0.15) is 23.0 Å². The van der Waals surface area contributed by atoms with Gasteiger partial charge in [-0.1, -0.05) is 35.5 Å². The van der Waals surface area contributed by atoms with Crippen LogP contribution in [0.15, 0.2) is 77.4 Å². The van der Waals surface area contributed by atoms with Crippen LogP contribution < -0.4 is 5.32 Å². The first-order valence-corrected chi connectivity index (χ1v) is 10.5. The normalized spacial score (nSPS) is 11.1. The molecule has 2 aromatic carbocycles. The number of rotatable bonds is 6. The zero-order valence-corrected chi connectivity index (χ0v) is 17.8. The highest BCUT2D eigenvalue weighted by Crippen LogP contribution is 2.29. The summed E-state index contributed by atoms with van der Waals surface area (Å²) in [6.45, 7) is 2.00. The molecule has 1 N–H and O–H groups in total. The van der Waals surface area contributed by atoms with Crippen molar-refractivity contribution in [1.82, 2.24) is 19.5 Å². The smallest absolute Gasteiger partial charge is 0.227 e. The molecule has 0 unspecified atom stereocenters. The van der Waals surface area contributed by atoms with Gasteiger partial charge in [-0.15, -0.1) is 0 Å². The lowest BCUT2D eigenvalue weighted by molar-refractivity contribution is -0.116. The topological polar surface area (TPSA) is 85.3 Å². The van der Waals surface area contributed by atoms with Crippen molar-refractivity contribution < 1.29 is 13.7 Å². The van der Waals surface area contributed by atoms with Gasteiger partial charge in [0.25, 0.3) is 0 Å². The number of pyridine rings is 1. The molecule has 0 bridgehead atoms. The Kier molecular flexibility index (Phi) is 5.40. The quantitative estimate of drug-likeness (QED) is 0.398. The Balaban J connectivity index is 1.34. The number of aryl methyl sites for hydroxylation is 2. The molecule has 0 aliphatic heterocycles. The molecule has 3 aromatic heterocycles. The Labute approximate surface area is 188 Å². The number of imidazole rings is 1. The third-order valence-electron chi connectivity index (χ3n) is 5.22. The molecule has 8 heteroatoms. The Morgan fingerprint density at radius 3 is 2.61 bits per heavy atom. The third-order valence-corrected chi connectivity index (χ3v) is 5.22. The second kappa shape index (κ2) is 8.66. The highest BCUT2D eigenvalue weighted by molar-refractivity contribution is 5.94. The van der Waals surface area contributed by atoms with Crippen molar-refractivity contribution >= 4 is 17.4 Å². The van der Waals surface area contributed by atoms with Gasteiger partial charge in [0.15, 0.2) is 0 Å². The summed E-state index contributed by atoms with van der Waals surface area (Å²) < 4.78 is 20.2. The van der Waals surface area contributed by atoms with Gasteiger partial charge in [-0.2, -0.15) is 4.98 Å². The number of hydrogen-bond acceptors (Lipinski definition) is 5. The molecule has 7 nitrogen and oxygen atoms in total. The van der Waals surface area contributed by atoms with E-state index in [2.05, 4.69) is 15.5 Å². The molecule has 0 fully saturated rings. The summed E-state index contributed by atoms with van der Waals surface area (Å²) in [6, 6.07) is 19.5. The number of carbonyl (C=O) groups excluding carboxylic acids is 1. The van der Waals surface area contributed by atoms with Crippen molar-refractivity contribution in [2.45, 2.75) is 19.8 Å². The van der Waals surface area contributed by atoms with Crippen LogP contribution in [0.3, 0.4) is 0 Å². The van der Waals surface area contributed by atoms with Gasteiger partial charge in [-0.3, -0.25) is 9.20 Å². The molecule has 0 saturated carbocycles. The van der Waals surface area contributed by atoms with Crippen LogP contribution in [0.5, 0.6) is 0 Å². The monoisotopic (exact) mass is 441 g/mol. The van der Waals surface area contributed by atoms with Crippen LogP contribution in [0.1, 0.15) is 17.9 Å².